The Bertz CT molecular complexity index is 794. The smallest absolute Gasteiger partial charge is 0.254 e. The van der Waals surface area contributed by atoms with E-state index in [4.69, 9.17) is 4.74 Å². The summed E-state index contributed by atoms with van der Waals surface area (Å²) in [6, 6.07) is 15.8. The SMILES string of the molecule is CCOc1cccc(C(=O)N2CC(O)CC2C(=O)NCc2ccccc2)c1. The van der Waals surface area contributed by atoms with Crippen molar-refractivity contribution in [2.45, 2.75) is 32.0 Å². The first-order valence-corrected chi connectivity index (χ1v) is 9.12. The van der Waals surface area contributed by atoms with Crippen molar-refractivity contribution in [3.05, 3.63) is 65.7 Å². The van der Waals surface area contributed by atoms with Crippen LogP contribution in [0.4, 0.5) is 0 Å². The highest BCUT2D eigenvalue weighted by molar-refractivity contribution is 5.98. The van der Waals surface area contributed by atoms with Crippen molar-refractivity contribution in [3.63, 3.8) is 0 Å². The molecule has 2 atom stereocenters. The number of hydrogen-bond donors (Lipinski definition) is 2. The fourth-order valence-electron chi connectivity index (χ4n) is 3.24. The molecule has 0 aromatic heterocycles. The van der Waals surface area contributed by atoms with Crippen LogP contribution < -0.4 is 10.1 Å². The van der Waals surface area contributed by atoms with Gasteiger partial charge in [0.15, 0.2) is 0 Å². The molecule has 1 fully saturated rings. The zero-order valence-electron chi connectivity index (χ0n) is 15.3. The number of amides is 2. The molecule has 0 saturated carbocycles. The van der Waals surface area contributed by atoms with Gasteiger partial charge in [0.1, 0.15) is 11.8 Å². The fraction of sp³-hybridized carbons (Fsp3) is 0.333. The van der Waals surface area contributed by atoms with E-state index in [1.54, 1.807) is 24.3 Å². The third-order valence-corrected chi connectivity index (χ3v) is 4.54. The van der Waals surface area contributed by atoms with Crippen molar-refractivity contribution >= 4 is 11.8 Å². The third kappa shape index (κ3) is 4.65. The number of carbonyl (C=O) groups excluding carboxylic acids is 2. The fourth-order valence-corrected chi connectivity index (χ4v) is 3.24. The van der Waals surface area contributed by atoms with Gasteiger partial charge in [0.05, 0.1) is 12.7 Å². The standard InChI is InChI=1S/C21H24N2O4/c1-2-27-18-10-6-9-16(11-18)21(26)23-14-17(24)12-19(23)20(25)22-13-15-7-4-3-5-8-15/h3-11,17,19,24H,2,12-14H2,1H3,(H,22,25). The first-order chi connectivity index (χ1) is 13.1. The van der Waals surface area contributed by atoms with E-state index in [1.807, 2.05) is 37.3 Å². The molecule has 2 aromatic rings. The Morgan fingerprint density at radius 1 is 1.19 bits per heavy atom. The van der Waals surface area contributed by atoms with Crippen LogP contribution >= 0.6 is 0 Å². The van der Waals surface area contributed by atoms with E-state index in [1.165, 1.54) is 4.90 Å². The largest absolute Gasteiger partial charge is 0.494 e. The molecule has 2 unspecified atom stereocenters. The number of ether oxygens (including phenoxy) is 1. The highest BCUT2D eigenvalue weighted by Crippen LogP contribution is 2.23. The second kappa shape index (κ2) is 8.68. The van der Waals surface area contributed by atoms with Crippen molar-refractivity contribution in [2.75, 3.05) is 13.2 Å². The molecular formula is C21H24N2O4. The lowest BCUT2D eigenvalue weighted by Gasteiger charge is -2.24. The van der Waals surface area contributed by atoms with Crippen molar-refractivity contribution in [3.8, 4) is 5.75 Å². The number of aliphatic hydroxyl groups excluding tert-OH is 1. The number of aliphatic hydroxyl groups is 1. The number of carbonyl (C=O) groups is 2. The second-order valence-corrected chi connectivity index (χ2v) is 6.53. The molecule has 2 aromatic carbocycles. The van der Waals surface area contributed by atoms with Crippen LogP contribution in [0.1, 0.15) is 29.3 Å². The van der Waals surface area contributed by atoms with Gasteiger partial charge in [0.2, 0.25) is 5.91 Å². The topological polar surface area (TPSA) is 78.9 Å². The van der Waals surface area contributed by atoms with Crippen LogP contribution in [0.25, 0.3) is 0 Å². The molecule has 142 valence electrons. The second-order valence-electron chi connectivity index (χ2n) is 6.53. The Morgan fingerprint density at radius 3 is 2.70 bits per heavy atom. The van der Waals surface area contributed by atoms with Crippen molar-refractivity contribution in [1.29, 1.82) is 0 Å². The lowest BCUT2D eigenvalue weighted by Crippen LogP contribution is -2.45. The van der Waals surface area contributed by atoms with Gasteiger partial charge in [0.25, 0.3) is 5.91 Å². The predicted molar refractivity (Wildman–Crippen MR) is 101 cm³/mol. The minimum Gasteiger partial charge on any atom is -0.494 e. The Balaban J connectivity index is 1.70. The Labute approximate surface area is 158 Å². The maximum absolute atomic E-state index is 12.9. The summed E-state index contributed by atoms with van der Waals surface area (Å²) in [5, 5.41) is 12.9. The molecule has 2 N–H and O–H groups in total. The summed E-state index contributed by atoms with van der Waals surface area (Å²) in [6.07, 6.45) is -0.478. The number of hydrogen-bond acceptors (Lipinski definition) is 4. The third-order valence-electron chi connectivity index (χ3n) is 4.54. The Kier molecular flexibility index (Phi) is 6.08. The summed E-state index contributed by atoms with van der Waals surface area (Å²) < 4.78 is 5.44. The summed E-state index contributed by atoms with van der Waals surface area (Å²) >= 11 is 0. The Hall–Kier alpha value is -2.86. The normalized spacial score (nSPS) is 19.0. The van der Waals surface area contributed by atoms with Crippen LogP contribution in [0.5, 0.6) is 5.75 Å². The Morgan fingerprint density at radius 2 is 1.96 bits per heavy atom. The molecule has 6 nitrogen and oxygen atoms in total. The van der Waals surface area contributed by atoms with Crippen molar-refractivity contribution in [2.24, 2.45) is 0 Å². The highest BCUT2D eigenvalue weighted by Gasteiger charge is 2.39. The molecule has 1 saturated heterocycles. The van der Waals surface area contributed by atoms with E-state index in [0.29, 0.717) is 24.5 Å². The molecule has 0 aliphatic carbocycles. The molecular weight excluding hydrogens is 344 g/mol. The van der Waals surface area contributed by atoms with Gasteiger partial charge in [-0.25, -0.2) is 0 Å². The minimum absolute atomic E-state index is 0.140. The molecule has 0 bridgehead atoms. The van der Waals surface area contributed by atoms with E-state index in [9.17, 15) is 14.7 Å². The lowest BCUT2D eigenvalue weighted by atomic mass is 10.1. The number of β-amino-alcohol motifs (C(OH)–C–C–N with tert-alkyl or cyclic N) is 1. The van der Waals surface area contributed by atoms with Gasteiger partial charge in [-0.05, 0) is 30.7 Å². The van der Waals surface area contributed by atoms with Crippen molar-refractivity contribution in [1.82, 2.24) is 10.2 Å². The molecule has 1 aliphatic rings. The van der Waals surface area contributed by atoms with Gasteiger partial charge in [-0.1, -0.05) is 36.4 Å². The van der Waals surface area contributed by atoms with Crippen LogP contribution in [-0.4, -0.2) is 47.1 Å². The van der Waals surface area contributed by atoms with E-state index in [-0.39, 0.29) is 24.8 Å². The van der Waals surface area contributed by atoms with E-state index in [2.05, 4.69) is 5.32 Å². The molecule has 6 heteroatoms. The molecule has 1 heterocycles. The number of nitrogens with one attached hydrogen (secondary N) is 1. The minimum atomic E-state index is -0.712. The molecule has 0 spiro atoms. The van der Waals surface area contributed by atoms with Crippen LogP contribution in [0, 0.1) is 0 Å². The summed E-state index contributed by atoms with van der Waals surface area (Å²) in [6.45, 7) is 2.90. The van der Waals surface area contributed by atoms with E-state index < -0.39 is 12.1 Å². The maximum atomic E-state index is 12.9. The first kappa shape index (κ1) is 18.9. The number of likely N-dealkylation sites (tertiary alicyclic amines) is 1. The number of benzene rings is 2. The average molecular weight is 368 g/mol. The van der Waals surface area contributed by atoms with Crippen molar-refractivity contribution < 1.29 is 19.4 Å². The van der Waals surface area contributed by atoms with Crippen LogP contribution in [0.3, 0.4) is 0 Å². The first-order valence-electron chi connectivity index (χ1n) is 9.12. The zero-order valence-corrected chi connectivity index (χ0v) is 15.3. The van der Waals surface area contributed by atoms with Gasteiger partial charge in [-0.2, -0.15) is 0 Å². The summed E-state index contributed by atoms with van der Waals surface area (Å²) in [7, 11) is 0. The quantitative estimate of drug-likeness (QED) is 0.817. The molecule has 0 radical (unpaired) electrons. The van der Waals surface area contributed by atoms with Gasteiger partial charge in [-0.3, -0.25) is 9.59 Å². The number of rotatable bonds is 6. The highest BCUT2D eigenvalue weighted by atomic mass is 16.5. The summed E-state index contributed by atoms with van der Waals surface area (Å²) in [5.74, 6) is 0.0610. The molecule has 2 amide bonds. The van der Waals surface area contributed by atoms with E-state index >= 15 is 0 Å². The van der Waals surface area contributed by atoms with Gasteiger partial charge < -0.3 is 20.1 Å². The monoisotopic (exact) mass is 368 g/mol. The maximum Gasteiger partial charge on any atom is 0.254 e. The molecule has 1 aliphatic heterocycles. The van der Waals surface area contributed by atoms with Crippen LogP contribution in [-0.2, 0) is 11.3 Å². The van der Waals surface area contributed by atoms with Gasteiger partial charge in [0, 0.05) is 25.1 Å². The number of nitrogens with zero attached hydrogens (tertiary/aromatic N) is 1. The summed E-state index contributed by atoms with van der Waals surface area (Å²) in [5.41, 5.74) is 1.42. The predicted octanol–water partition coefficient (Wildman–Crippen LogP) is 1.98. The zero-order chi connectivity index (χ0) is 19.2. The van der Waals surface area contributed by atoms with Gasteiger partial charge >= 0.3 is 0 Å². The van der Waals surface area contributed by atoms with E-state index in [0.717, 1.165) is 5.56 Å². The van der Waals surface area contributed by atoms with Crippen LogP contribution in [0.2, 0.25) is 0 Å². The lowest BCUT2D eigenvalue weighted by molar-refractivity contribution is -0.125. The van der Waals surface area contributed by atoms with Crippen LogP contribution in [0.15, 0.2) is 54.6 Å². The average Bonchev–Trinajstić information content (AvgIpc) is 3.08. The molecule has 27 heavy (non-hydrogen) atoms. The molecule has 3 rings (SSSR count). The summed E-state index contributed by atoms with van der Waals surface area (Å²) in [4.78, 5) is 27.0. The van der Waals surface area contributed by atoms with Gasteiger partial charge in [-0.15, -0.1) is 0 Å².